The average molecular weight is 337 g/mol. The number of carbonyl (C=O) groups excluding carboxylic acids is 1. The van der Waals surface area contributed by atoms with Crippen LogP contribution >= 0.6 is 0 Å². The summed E-state index contributed by atoms with van der Waals surface area (Å²) in [5.74, 6) is 0.0114. The first-order valence-electron chi connectivity index (χ1n) is 7.99. The van der Waals surface area contributed by atoms with Gasteiger partial charge in [0, 0.05) is 25.7 Å². The van der Waals surface area contributed by atoms with E-state index in [0.29, 0.717) is 38.9 Å². The number of nitrogens with one attached hydrogen (secondary N) is 2. The Hall–Kier alpha value is -1.44. The fourth-order valence-corrected chi connectivity index (χ4v) is 4.15. The fraction of sp³-hybridized carbons (Fsp3) is 0.562. The van der Waals surface area contributed by atoms with E-state index in [9.17, 15) is 13.2 Å². The molecular formula is C16H23N3O3S. The van der Waals surface area contributed by atoms with Gasteiger partial charge in [-0.15, -0.1) is 0 Å². The minimum absolute atomic E-state index is 0.0114. The van der Waals surface area contributed by atoms with E-state index in [1.165, 1.54) is 21.7 Å². The van der Waals surface area contributed by atoms with Gasteiger partial charge in [-0.25, -0.2) is 12.7 Å². The first-order valence-corrected chi connectivity index (χ1v) is 9.84. The minimum Gasteiger partial charge on any atom is -0.352 e. The van der Waals surface area contributed by atoms with Crippen LogP contribution in [0.5, 0.6) is 0 Å². The zero-order chi connectivity index (χ0) is 16.4. The third-order valence-electron chi connectivity index (χ3n) is 4.67. The number of hydrogen-bond acceptors (Lipinski definition) is 4. The standard InChI is InChI=1S/C16H23N3O3S/c1-23(21,22)19-8-6-14(7-9-19)18-16(20)15-10-12-4-2-3-5-13(12)11-17-15/h2-5,14-15,17H,6-11H2,1H3,(H,18,20). The molecule has 0 aromatic heterocycles. The molecule has 1 amide bonds. The van der Waals surface area contributed by atoms with E-state index in [0.717, 1.165) is 0 Å². The minimum atomic E-state index is -3.12. The summed E-state index contributed by atoms with van der Waals surface area (Å²) >= 11 is 0. The summed E-state index contributed by atoms with van der Waals surface area (Å²) < 4.78 is 24.5. The molecule has 1 aromatic carbocycles. The molecule has 2 aliphatic heterocycles. The highest BCUT2D eigenvalue weighted by atomic mass is 32.2. The molecule has 1 aromatic rings. The van der Waals surface area contributed by atoms with Crippen LogP contribution in [0, 0.1) is 0 Å². The van der Waals surface area contributed by atoms with Gasteiger partial charge in [-0.05, 0) is 30.4 Å². The van der Waals surface area contributed by atoms with Crippen molar-refractivity contribution in [2.75, 3.05) is 19.3 Å². The highest BCUT2D eigenvalue weighted by Crippen LogP contribution is 2.17. The number of amides is 1. The highest BCUT2D eigenvalue weighted by Gasteiger charge is 2.29. The molecular weight excluding hydrogens is 314 g/mol. The molecule has 0 aliphatic carbocycles. The van der Waals surface area contributed by atoms with Crippen LogP contribution in [-0.4, -0.2) is 50.1 Å². The monoisotopic (exact) mass is 337 g/mol. The molecule has 1 fully saturated rings. The quantitative estimate of drug-likeness (QED) is 0.828. The molecule has 1 unspecified atom stereocenters. The van der Waals surface area contributed by atoms with Crippen LogP contribution in [-0.2, 0) is 27.8 Å². The molecule has 3 rings (SSSR count). The third-order valence-corrected chi connectivity index (χ3v) is 5.97. The van der Waals surface area contributed by atoms with Crippen LogP contribution in [0.3, 0.4) is 0 Å². The van der Waals surface area contributed by atoms with Gasteiger partial charge < -0.3 is 10.6 Å². The normalized spacial score (nSPS) is 23.3. The smallest absolute Gasteiger partial charge is 0.237 e. The van der Waals surface area contributed by atoms with E-state index in [-0.39, 0.29) is 18.0 Å². The lowest BCUT2D eigenvalue weighted by Gasteiger charge is -2.32. The number of carbonyl (C=O) groups is 1. The van der Waals surface area contributed by atoms with Crippen molar-refractivity contribution < 1.29 is 13.2 Å². The van der Waals surface area contributed by atoms with Crippen LogP contribution in [0.1, 0.15) is 24.0 Å². The van der Waals surface area contributed by atoms with Crippen molar-refractivity contribution in [3.63, 3.8) is 0 Å². The predicted octanol–water partition coefficient (Wildman–Crippen LogP) is 0.241. The molecule has 0 bridgehead atoms. The van der Waals surface area contributed by atoms with E-state index >= 15 is 0 Å². The van der Waals surface area contributed by atoms with Crippen LogP contribution in [0.15, 0.2) is 24.3 Å². The Bertz CT molecular complexity index is 682. The maximum absolute atomic E-state index is 12.4. The second-order valence-electron chi connectivity index (χ2n) is 6.35. The summed E-state index contributed by atoms with van der Waals surface area (Å²) in [6, 6.07) is 8.01. The van der Waals surface area contributed by atoms with Gasteiger partial charge in [-0.2, -0.15) is 0 Å². The van der Waals surface area contributed by atoms with E-state index in [4.69, 9.17) is 0 Å². The van der Waals surface area contributed by atoms with Gasteiger partial charge in [-0.3, -0.25) is 4.79 Å². The van der Waals surface area contributed by atoms with E-state index in [2.05, 4.69) is 22.8 Å². The Morgan fingerprint density at radius 1 is 1.22 bits per heavy atom. The SMILES string of the molecule is CS(=O)(=O)N1CCC(NC(=O)C2Cc3ccccc3CN2)CC1. The van der Waals surface area contributed by atoms with Crippen LogP contribution < -0.4 is 10.6 Å². The Kier molecular flexibility index (Phi) is 4.70. The molecule has 1 saturated heterocycles. The van der Waals surface area contributed by atoms with Gasteiger partial charge in [0.2, 0.25) is 15.9 Å². The summed E-state index contributed by atoms with van der Waals surface area (Å²) in [6.07, 6.45) is 3.27. The number of nitrogens with zero attached hydrogens (tertiary/aromatic N) is 1. The molecule has 0 saturated carbocycles. The van der Waals surface area contributed by atoms with Gasteiger partial charge in [0.25, 0.3) is 0 Å². The van der Waals surface area contributed by atoms with Gasteiger partial charge in [-0.1, -0.05) is 24.3 Å². The van der Waals surface area contributed by atoms with Gasteiger partial charge in [0.15, 0.2) is 0 Å². The fourth-order valence-electron chi connectivity index (χ4n) is 3.27. The molecule has 2 heterocycles. The summed E-state index contributed by atoms with van der Waals surface area (Å²) in [5.41, 5.74) is 2.47. The molecule has 2 aliphatic rings. The summed E-state index contributed by atoms with van der Waals surface area (Å²) in [7, 11) is -3.12. The zero-order valence-electron chi connectivity index (χ0n) is 13.3. The number of sulfonamides is 1. The van der Waals surface area contributed by atoms with Gasteiger partial charge in [0.05, 0.1) is 12.3 Å². The lowest BCUT2D eigenvalue weighted by molar-refractivity contribution is -0.124. The summed E-state index contributed by atoms with van der Waals surface area (Å²) in [5, 5.41) is 6.35. The van der Waals surface area contributed by atoms with Gasteiger partial charge >= 0.3 is 0 Å². The molecule has 2 N–H and O–H groups in total. The second kappa shape index (κ2) is 6.59. The highest BCUT2D eigenvalue weighted by molar-refractivity contribution is 7.88. The third kappa shape index (κ3) is 3.91. The average Bonchev–Trinajstić information content (AvgIpc) is 2.54. The first-order chi connectivity index (χ1) is 10.9. The Labute approximate surface area is 137 Å². The topological polar surface area (TPSA) is 78.5 Å². The van der Waals surface area contributed by atoms with Crippen molar-refractivity contribution >= 4 is 15.9 Å². The van der Waals surface area contributed by atoms with Crippen molar-refractivity contribution in [1.82, 2.24) is 14.9 Å². The van der Waals surface area contributed by atoms with E-state index in [1.54, 1.807) is 0 Å². The molecule has 0 spiro atoms. The van der Waals surface area contributed by atoms with E-state index < -0.39 is 10.0 Å². The number of piperidine rings is 1. The van der Waals surface area contributed by atoms with Crippen LogP contribution in [0.4, 0.5) is 0 Å². The number of rotatable bonds is 3. The Morgan fingerprint density at radius 2 is 1.87 bits per heavy atom. The largest absolute Gasteiger partial charge is 0.352 e. The summed E-state index contributed by atoms with van der Waals surface area (Å²) in [6.45, 7) is 1.66. The van der Waals surface area contributed by atoms with Crippen LogP contribution in [0.25, 0.3) is 0 Å². The van der Waals surface area contributed by atoms with E-state index in [1.807, 2.05) is 12.1 Å². The van der Waals surface area contributed by atoms with Crippen molar-refractivity contribution in [2.24, 2.45) is 0 Å². The molecule has 6 nitrogen and oxygen atoms in total. The van der Waals surface area contributed by atoms with Crippen molar-refractivity contribution in [3.05, 3.63) is 35.4 Å². The molecule has 1 atom stereocenters. The van der Waals surface area contributed by atoms with Crippen molar-refractivity contribution in [3.8, 4) is 0 Å². The number of fused-ring (bicyclic) bond motifs is 1. The predicted molar refractivity (Wildman–Crippen MR) is 88.4 cm³/mol. The first kappa shape index (κ1) is 16.4. The lowest BCUT2D eigenvalue weighted by Crippen LogP contribution is -2.53. The number of benzene rings is 1. The molecule has 7 heteroatoms. The van der Waals surface area contributed by atoms with Gasteiger partial charge in [0.1, 0.15) is 0 Å². The Balaban J connectivity index is 1.53. The molecule has 0 radical (unpaired) electrons. The summed E-state index contributed by atoms with van der Waals surface area (Å²) in [4.78, 5) is 12.4. The molecule has 23 heavy (non-hydrogen) atoms. The zero-order valence-corrected chi connectivity index (χ0v) is 14.1. The number of hydrogen-bond donors (Lipinski definition) is 2. The van der Waals surface area contributed by atoms with Crippen molar-refractivity contribution in [1.29, 1.82) is 0 Å². The maximum Gasteiger partial charge on any atom is 0.237 e. The second-order valence-corrected chi connectivity index (χ2v) is 8.33. The lowest BCUT2D eigenvalue weighted by atomic mass is 9.95. The molecule has 126 valence electrons. The Morgan fingerprint density at radius 3 is 2.52 bits per heavy atom. The maximum atomic E-state index is 12.4. The van der Waals surface area contributed by atoms with Crippen molar-refractivity contribution in [2.45, 2.75) is 37.9 Å². The van der Waals surface area contributed by atoms with Crippen LogP contribution in [0.2, 0.25) is 0 Å².